The van der Waals surface area contributed by atoms with Crippen LogP contribution in [0.15, 0.2) is 24.4 Å². The topological polar surface area (TPSA) is 46.1 Å². The second kappa shape index (κ2) is 6.49. The molecule has 2 aromatic rings. The van der Waals surface area contributed by atoms with Gasteiger partial charge in [-0.2, -0.15) is 0 Å². The van der Waals surface area contributed by atoms with Crippen molar-refractivity contribution in [2.45, 2.75) is 58.3 Å². The summed E-state index contributed by atoms with van der Waals surface area (Å²) in [7, 11) is 0. The van der Waals surface area contributed by atoms with Crippen molar-refractivity contribution in [1.82, 2.24) is 14.9 Å². The monoisotopic (exact) mass is 349 g/mol. The van der Waals surface area contributed by atoms with Crippen molar-refractivity contribution < 1.29 is 4.79 Å². The number of rotatable bonds is 2. The molecule has 2 aliphatic rings. The van der Waals surface area contributed by atoms with Crippen molar-refractivity contribution >= 4 is 5.91 Å². The van der Waals surface area contributed by atoms with E-state index in [2.05, 4.69) is 41.9 Å². The number of carbonyl (C=O) groups excluding carboxylic acids is 1. The highest BCUT2D eigenvalue weighted by molar-refractivity contribution is 5.79. The molecule has 4 nitrogen and oxygen atoms in total. The molecule has 1 fully saturated rings. The molecule has 4 rings (SSSR count). The molecular weight excluding hydrogens is 322 g/mol. The number of aromatic nitrogens is 2. The van der Waals surface area contributed by atoms with E-state index in [0.717, 1.165) is 50.2 Å². The molecule has 1 aromatic carbocycles. The van der Waals surface area contributed by atoms with Crippen molar-refractivity contribution in [3.05, 3.63) is 58.2 Å². The quantitative estimate of drug-likeness (QED) is 0.834. The minimum Gasteiger partial charge on any atom is -0.341 e. The van der Waals surface area contributed by atoms with Crippen LogP contribution in [0.5, 0.6) is 0 Å². The number of carbonyl (C=O) groups is 1. The van der Waals surface area contributed by atoms with Crippen LogP contribution in [0.25, 0.3) is 0 Å². The zero-order chi connectivity index (χ0) is 18.3. The summed E-state index contributed by atoms with van der Waals surface area (Å²) < 4.78 is 0. The Balaban J connectivity index is 1.55. The minimum absolute atomic E-state index is 0.0403. The average molecular weight is 349 g/mol. The maximum atomic E-state index is 13.0. The van der Waals surface area contributed by atoms with Gasteiger partial charge >= 0.3 is 0 Å². The number of likely N-dealkylation sites (tertiary alicyclic amines) is 1. The first-order chi connectivity index (χ1) is 12.5. The fourth-order valence-corrected chi connectivity index (χ4v) is 4.64. The molecule has 1 unspecified atom stereocenters. The molecule has 1 aliphatic carbocycles. The second-order valence-electron chi connectivity index (χ2n) is 8.10. The van der Waals surface area contributed by atoms with Crippen molar-refractivity contribution in [2.75, 3.05) is 13.1 Å². The molecule has 1 amide bonds. The van der Waals surface area contributed by atoms with Crippen LogP contribution >= 0.6 is 0 Å². The third-order valence-electron chi connectivity index (χ3n) is 6.14. The molecule has 0 saturated carbocycles. The van der Waals surface area contributed by atoms with Crippen molar-refractivity contribution in [3.8, 4) is 0 Å². The average Bonchev–Trinajstić information content (AvgIpc) is 2.95. The molecule has 1 atom stereocenters. The Hall–Kier alpha value is -2.23. The van der Waals surface area contributed by atoms with Gasteiger partial charge in [0.25, 0.3) is 0 Å². The lowest BCUT2D eigenvalue weighted by atomic mass is 9.77. The summed E-state index contributed by atoms with van der Waals surface area (Å²) in [6, 6.07) is 6.37. The normalized spacial score (nSPS) is 21.9. The number of hydrogen-bond donors (Lipinski definition) is 0. The van der Waals surface area contributed by atoms with Crippen LogP contribution in [0, 0.1) is 20.8 Å². The van der Waals surface area contributed by atoms with Gasteiger partial charge in [0.2, 0.25) is 5.91 Å². The fraction of sp³-hybridized carbons (Fsp3) is 0.500. The first kappa shape index (κ1) is 17.2. The number of hydrogen-bond acceptors (Lipinski definition) is 3. The van der Waals surface area contributed by atoms with E-state index < -0.39 is 0 Å². The molecule has 1 aromatic heterocycles. The highest BCUT2D eigenvalue weighted by Crippen LogP contribution is 2.43. The van der Waals surface area contributed by atoms with Crippen LogP contribution in [0.1, 0.15) is 53.0 Å². The summed E-state index contributed by atoms with van der Waals surface area (Å²) >= 11 is 0. The van der Waals surface area contributed by atoms with Gasteiger partial charge < -0.3 is 4.90 Å². The number of nitrogens with zero attached hydrogens (tertiary/aromatic N) is 3. The van der Waals surface area contributed by atoms with Crippen molar-refractivity contribution in [3.63, 3.8) is 0 Å². The van der Waals surface area contributed by atoms with Crippen LogP contribution in [-0.4, -0.2) is 33.9 Å². The SMILES string of the molecule is Cc1ccc(C)c(CC(=O)N2CCCC3(CCc4cnc(C)nc43)C2)c1. The number of benzene rings is 1. The fourth-order valence-electron chi connectivity index (χ4n) is 4.64. The standard InChI is InChI=1S/C22H27N3O/c1-15-5-6-16(2)19(11-15)12-20(26)25-10-4-8-22(14-25)9-7-18-13-23-17(3)24-21(18)22/h5-6,11,13H,4,7-10,12,14H2,1-3H3. The Morgan fingerprint density at radius 1 is 1.23 bits per heavy atom. The van der Waals surface area contributed by atoms with Gasteiger partial charge in [-0.15, -0.1) is 0 Å². The largest absolute Gasteiger partial charge is 0.341 e. The highest BCUT2D eigenvalue weighted by Gasteiger charge is 2.44. The molecule has 1 spiro atoms. The number of amides is 1. The van der Waals surface area contributed by atoms with Gasteiger partial charge in [0.1, 0.15) is 5.82 Å². The molecule has 2 heterocycles. The van der Waals surface area contributed by atoms with Crippen LogP contribution in [0.4, 0.5) is 0 Å². The predicted octanol–water partition coefficient (Wildman–Crippen LogP) is 3.45. The van der Waals surface area contributed by atoms with Crippen LogP contribution < -0.4 is 0 Å². The van der Waals surface area contributed by atoms with Crippen LogP contribution in [-0.2, 0) is 23.1 Å². The van der Waals surface area contributed by atoms with Gasteiger partial charge in [-0.1, -0.05) is 23.8 Å². The number of piperidine rings is 1. The molecule has 0 radical (unpaired) electrons. The molecule has 26 heavy (non-hydrogen) atoms. The summed E-state index contributed by atoms with van der Waals surface area (Å²) in [6.07, 6.45) is 6.80. The van der Waals surface area contributed by atoms with E-state index in [9.17, 15) is 4.79 Å². The van der Waals surface area contributed by atoms with Gasteiger partial charge in [-0.3, -0.25) is 4.79 Å². The lowest BCUT2D eigenvalue weighted by molar-refractivity contribution is -0.132. The predicted molar refractivity (Wildman–Crippen MR) is 102 cm³/mol. The summed E-state index contributed by atoms with van der Waals surface area (Å²) in [5, 5.41) is 0. The van der Waals surface area contributed by atoms with E-state index in [1.54, 1.807) is 0 Å². The van der Waals surface area contributed by atoms with E-state index in [4.69, 9.17) is 4.98 Å². The minimum atomic E-state index is 0.0403. The number of fused-ring (bicyclic) bond motifs is 2. The lowest BCUT2D eigenvalue weighted by Gasteiger charge is -2.40. The van der Waals surface area contributed by atoms with Gasteiger partial charge in [-0.05, 0) is 63.1 Å². The highest BCUT2D eigenvalue weighted by atomic mass is 16.2. The molecule has 0 bridgehead atoms. The van der Waals surface area contributed by atoms with E-state index in [-0.39, 0.29) is 11.3 Å². The molecule has 136 valence electrons. The van der Waals surface area contributed by atoms with Crippen LogP contribution in [0.2, 0.25) is 0 Å². The van der Waals surface area contributed by atoms with Gasteiger partial charge in [0, 0.05) is 24.7 Å². The Kier molecular flexibility index (Phi) is 4.29. The summed E-state index contributed by atoms with van der Waals surface area (Å²) in [5.74, 6) is 1.08. The Labute approximate surface area is 155 Å². The maximum absolute atomic E-state index is 13.0. The Morgan fingerprint density at radius 2 is 2.08 bits per heavy atom. The summed E-state index contributed by atoms with van der Waals surface area (Å²) in [6.45, 7) is 7.80. The molecule has 1 saturated heterocycles. The first-order valence-corrected chi connectivity index (χ1v) is 9.64. The number of aryl methyl sites for hydroxylation is 4. The summed E-state index contributed by atoms with van der Waals surface area (Å²) in [4.78, 5) is 24.3. The lowest BCUT2D eigenvalue weighted by Crippen LogP contribution is -2.48. The third kappa shape index (κ3) is 3.02. The maximum Gasteiger partial charge on any atom is 0.227 e. The molecule has 4 heteroatoms. The van der Waals surface area contributed by atoms with Gasteiger partial charge in [-0.25, -0.2) is 9.97 Å². The van der Waals surface area contributed by atoms with Crippen molar-refractivity contribution in [1.29, 1.82) is 0 Å². The Bertz CT molecular complexity index is 856. The van der Waals surface area contributed by atoms with Gasteiger partial charge in [0.05, 0.1) is 12.1 Å². The van der Waals surface area contributed by atoms with E-state index in [1.165, 1.54) is 22.4 Å². The summed E-state index contributed by atoms with van der Waals surface area (Å²) in [5.41, 5.74) is 6.09. The zero-order valence-electron chi connectivity index (χ0n) is 16.0. The van der Waals surface area contributed by atoms with E-state index >= 15 is 0 Å². The van der Waals surface area contributed by atoms with Crippen LogP contribution in [0.3, 0.4) is 0 Å². The second-order valence-corrected chi connectivity index (χ2v) is 8.10. The third-order valence-corrected chi connectivity index (χ3v) is 6.14. The zero-order valence-corrected chi connectivity index (χ0v) is 16.0. The van der Waals surface area contributed by atoms with E-state index in [1.807, 2.05) is 13.1 Å². The molecule has 0 N–H and O–H groups in total. The molecular formula is C22H27N3O. The van der Waals surface area contributed by atoms with Crippen molar-refractivity contribution in [2.24, 2.45) is 0 Å². The molecule has 1 aliphatic heterocycles. The smallest absolute Gasteiger partial charge is 0.227 e. The Morgan fingerprint density at radius 3 is 2.92 bits per heavy atom. The first-order valence-electron chi connectivity index (χ1n) is 9.64. The van der Waals surface area contributed by atoms with E-state index in [0.29, 0.717) is 6.42 Å². The van der Waals surface area contributed by atoms with Gasteiger partial charge in [0.15, 0.2) is 0 Å².